The van der Waals surface area contributed by atoms with Crippen molar-refractivity contribution >= 4 is 17.5 Å². The van der Waals surface area contributed by atoms with E-state index in [1.807, 2.05) is 49.4 Å². The van der Waals surface area contributed by atoms with E-state index in [0.717, 1.165) is 17.3 Å². The highest BCUT2D eigenvalue weighted by Crippen LogP contribution is 2.34. The number of rotatable bonds is 8. The lowest BCUT2D eigenvalue weighted by Gasteiger charge is -2.32. The van der Waals surface area contributed by atoms with Gasteiger partial charge in [-0.25, -0.2) is 8.78 Å². The number of hydrogen-bond acceptors (Lipinski definition) is 5. The molecule has 0 bridgehead atoms. The summed E-state index contributed by atoms with van der Waals surface area (Å²) in [6, 6.07) is 14.4. The molecule has 0 saturated carbocycles. The summed E-state index contributed by atoms with van der Waals surface area (Å²) in [6.45, 7) is 2.57. The molecule has 1 fully saturated rings. The van der Waals surface area contributed by atoms with Crippen LogP contribution in [0, 0.1) is 17.6 Å². The van der Waals surface area contributed by atoms with Crippen molar-refractivity contribution in [3.8, 4) is 11.5 Å². The fourth-order valence-electron chi connectivity index (χ4n) is 4.68. The fourth-order valence-corrected chi connectivity index (χ4v) is 4.68. The fraction of sp³-hybridized carbons (Fsp3) is 0.345. The largest absolute Gasteiger partial charge is 0.494 e. The summed E-state index contributed by atoms with van der Waals surface area (Å²) in [5.74, 6) is -3.43. The number of anilines is 1. The van der Waals surface area contributed by atoms with E-state index < -0.39 is 23.1 Å². The molecule has 3 aromatic rings. The van der Waals surface area contributed by atoms with Crippen LogP contribution >= 0.6 is 0 Å². The van der Waals surface area contributed by atoms with Crippen LogP contribution in [0.1, 0.15) is 47.3 Å². The summed E-state index contributed by atoms with van der Waals surface area (Å²) in [6.07, 6.45) is 3.55. The molecular weight excluding hydrogens is 492 g/mol. The van der Waals surface area contributed by atoms with Crippen LogP contribution in [-0.4, -0.2) is 49.0 Å². The number of likely N-dealkylation sites (tertiary alicyclic amines) is 1. The molecule has 1 aromatic heterocycles. The number of ether oxygens (including phenoxy) is 2. The van der Waals surface area contributed by atoms with Crippen LogP contribution in [-0.2, 0) is 11.2 Å². The molecule has 9 heteroatoms. The topological polar surface area (TPSA) is 80.8 Å². The molecule has 2 heterocycles. The number of hydrogen-bond donors (Lipinski definition) is 1. The molecule has 2 aromatic carbocycles. The lowest BCUT2D eigenvalue weighted by Crippen LogP contribution is -2.38. The Labute approximate surface area is 220 Å². The van der Waals surface area contributed by atoms with E-state index in [4.69, 9.17) is 9.47 Å². The maximum atomic E-state index is 14.8. The number of piperidine rings is 1. The van der Waals surface area contributed by atoms with E-state index in [2.05, 4.69) is 10.3 Å². The second-order valence-corrected chi connectivity index (χ2v) is 9.39. The number of benzene rings is 2. The Morgan fingerprint density at radius 3 is 2.21 bits per heavy atom. The molecule has 0 radical (unpaired) electrons. The van der Waals surface area contributed by atoms with Crippen LogP contribution in [0.3, 0.4) is 0 Å². The zero-order valence-electron chi connectivity index (χ0n) is 21.7. The first-order valence-electron chi connectivity index (χ1n) is 12.5. The molecule has 1 N–H and O–H groups in total. The summed E-state index contributed by atoms with van der Waals surface area (Å²) in [5, 5.41) is 2.95. The third-order valence-electron chi connectivity index (χ3n) is 6.91. The van der Waals surface area contributed by atoms with Crippen molar-refractivity contribution in [2.45, 2.75) is 32.1 Å². The predicted octanol–water partition coefficient (Wildman–Crippen LogP) is 5.21. The van der Waals surface area contributed by atoms with Gasteiger partial charge in [0, 0.05) is 49.1 Å². The molecular formula is C29H31F2N3O4. The zero-order valence-corrected chi connectivity index (χ0v) is 21.7. The highest BCUT2D eigenvalue weighted by molar-refractivity contribution is 5.96. The number of carbonyl (C=O) groups is 2. The van der Waals surface area contributed by atoms with E-state index in [1.165, 1.54) is 19.1 Å². The number of methoxy groups -OCH3 is 2. The number of nitrogens with zero attached hydrogens (tertiary/aromatic N) is 2. The Hall–Kier alpha value is -4.01. The predicted molar refractivity (Wildman–Crippen MR) is 140 cm³/mol. The molecule has 4 rings (SSSR count). The Balaban J connectivity index is 1.35. The highest BCUT2D eigenvalue weighted by Gasteiger charge is 2.31. The quantitative estimate of drug-likeness (QED) is 0.438. The van der Waals surface area contributed by atoms with Crippen molar-refractivity contribution < 1.29 is 27.8 Å². The van der Waals surface area contributed by atoms with E-state index in [0.29, 0.717) is 38.0 Å². The normalized spacial score (nSPS) is 14.6. The van der Waals surface area contributed by atoms with Gasteiger partial charge in [0.25, 0.3) is 5.91 Å². The van der Waals surface area contributed by atoms with Gasteiger partial charge in [-0.3, -0.25) is 14.6 Å². The molecule has 200 valence electrons. The number of nitrogens with one attached hydrogen (secondary N) is 1. The lowest BCUT2D eigenvalue weighted by molar-refractivity contribution is -0.119. The monoisotopic (exact) mass is 523 g/mol. The molecule has 0 aliphatic carbocycles. The average Bonchev–Trinajstić information content (AvgIpc) is 2.94. The van der Waals surface area contributed by atoms with Crippen molar-refractivity contribution in [1.29, 1.82) is 0 Å². The van der Waals surface area contributed by atoms with Crippen LogP contribution in [0.2, 0.25) is 0 Å². The van der Waals surface area contributed by atoms with E-state index in [9.17, 15) is 18.4 Å². The van der Waals surface area contributed by atoms with Gasteiger partial charge >= 0.3 is 0 Å². The molecule has 1 unspecified atom stereocenters. The number of amides is 2. The van der Waals surface area contributed by atoms with Crippen LogP contribution in [0.5, 0.6) is 11.5 Å². The SMILES string of the molecule is COc1cc(OC)c(F)c(C(=O)N2CCC(c3ccc(NC(=O)C(C)Cc4ccccn4)cc3)CC2)c1F. The van der Waals surface area contributed by atoms with Gasteiger partial charge in [0.05, 0.1) is 14.2 Å². The van der Waals surface area contributed by atoms with Gasteiger partial charge in [-0.1, -0.05) is 25.1 Å². The molecule has 38 heavy (non-hydrogen) atoms. The Morgan fingerprint density at radius 1 is 1.03 bits per heavy atom. The third kappa shape index (κ3) is 5.93. The van der Waals surface area contributed by atoms with Crippen molar-refractivity contribution in [2.75, 3.05) is 32.6 Å². The number of aromatic nitrogens is 1. The molecule has 1 atom stereocenters. The lowest BCUT2D eigenvalue weighted by atomic mass is 9.89. The maximum Gasteiger partial charge on any atom is 0.260 e. The molecule has 1 saturated heterocycles. The zero-order chi connectivity index (χ0) is 27.2. The van der Waals surface area contributed by atoms with E-state index in [-0.39, 0.29) is 29.2 Å². The minimum Gasteiger partial charge on any atom is -0.494 e. The molecule has 2 amide bonds. The van der Waals surface area contributed by atoms with Crippen LogP contribution < -0.4 is 14.8 Å². The van der Waals surface area contributed by atoms with Crippen LogP contribution in [0.15, 0.2) is 54.7 Å². The second kappa shape index (κ2) is 12.0. The van der Waals surface area contributed by atoms with Gasteiger partial charge in [-0.05, 0) is 48.6 Å². The van der Waals surface area contributed by atoms with Crippen molar-refractivity contribution in [3.05, 3.63) is 83.2 Å². The first-order valence-corrected chi connectivity index (χ1v) is 12.5. The number of pyridine rings is 1. The Bertz CT molecular complexity index is 1250. The molecule has 1 aliphatic heterocycles. The smallest absolute Gasteiger partial charge is 0.260 e. The van der Waals surface area contributed by atoms with Gasteiger partial charge in [0.15, 0.2) is 23.1 Å². The summed E-state index contributed by atoms with van der Waals surface area (Å²) in [4.78, 5) is 31.4. The third-order valence-corrected chi connectivity index (χ3v) is 6.91. The van der Waals surface area contributed by atoms with Gasteiger partial charge in [0.1, 0.15) is 5.56 Å². The standard InChI is InChI=1S/C29H31F2N3O4/c1-18(16-22-6-4-5-13-32-22)28(35)33-21-9-7-19(8-10-21)20-11-14-34(15-12-20)29(36)25-26(30)23(37-2)17-24(38-3)27(25)31/h4-10,13,17-18,20H,11-12,14-16H2,1-3H3,(H,33,35). The molecule has 1 aliphatic rings. The summed E-state index contributed by atoms with van der Waals surface area (Å²) in [5.41, 5.74) is 1.98. The van der Waals surface area contributed by atoms with Crippen LogP contribution in [0.25, 0.3) is 0 Å². The summed E-state index contributed by atoms with van der Waals surface area (Å²) >= 11 is 0. The summed E-state index contributed by atoms with van der Waals surface area (Å²) < 4.78 is 39.5. The molecule has 0 spiro atoms. The second-order valence-electron chi connectivity index (χ2n) is 9.39. The highest BCUT2D eigenvalue weighted by atomic mass is 19.1. The van der Waals surface area contributed by atoms with Gasteiger partial charge in [0.2, 0.25) is 5.91 Å². The number of carbonyl (C=O) groups excluding carboxylic acids is 2. The first kappa shape index (κ1) is 27.0. The average molecular weight is 524 g/mol. The van der Waals surface area contributed by atoms with Gasteiger partial charge in [-0.15, -0.1) is 0 Å². The van der Waals surface area contributed by atoms with Crippen molar-refractivity contribution in [1.82, 2.24) is 9.88 Å². The van der Waals surface area contributed by atoms with E-state index in [1.54, 1.807) is 6.20 Å². The first-order chi connectivity index (χ1) is 18.3. The van der Waals surface area contributed by atoms with Crippen molar-refractivity contribution in [3.63, 3.8) is 0 Å². The van der Waals surface area contributed by atoms with Gasteiger partial charge in [-0.2, -0.15) is 0 Å². The number of halogens is 2. The van der Waals surface area contributed by atoms with Crippen molar-refractivity contribution in [2.24, 2.45) is 5.92 Å². The van der Waals surface area contributed by atoms with E-state index >= 15 is 0 Å². The minimum atomic E-state index is -1.04. The maximum absolute atomic E-state index is 14.8. The summed E-state index contributed by atoms with van der Waals surface area (Å²) in [7, 11) is 2.49. The Morgan fingerprint density at radius 2 is 1.66 bits per heavy atom. The Kier molecular flexibility index (Phi) is 8.55. The molecule has 7 nitrogen and oxygen atoms in total. The van der Waals surface area contributed by atoms with Gasteiger partial charge < -0.3 is 19.7 Å². The van der Waals surface area contributed by atoms with Crippen LogP contribution in [0.4, 0.5) is 14.5 Å². The minimum absolute atomic E-state index is 0.0798.